The molecule has 0 spiro atoms. The number of para-hydroxylation sites is 1. The Hall–Kier alpha value is -3.45. The van der Waals surface area contributed by atoms with Crippen LogP contribution in [0, 0.1) is 6.92 Å². The fraction of sp³-hybridized carbons (Fsp3) is 0.393. The molecular weight excluding hydrogens is 438 g/mol. The summed E-state index contributed by atoms with van der Waals surface area (Å²) in [6, 6.07) is 16.2. The van der Waals surface area contributed by atoms with E-state index in [4.69, 9.17) is 5.10 Å². The average molecular weight is 472 g/mol. The second-order valence-electron chi connectivity index (χ2n) is 9.50. The molecule has 35 heavy (non-hydrogen) atoms. The summed E-state index contributed by atoms with van der Waals surface area (Å²) >= 11 is 0. The molecule has 1 aromatic heterocycles. The first kappa shape index (κ1) is 23.3. The molecule has 1 aliphatic heterocycles. The molecule has 2 amide bonds. The quantitative estimate of drug-likeness (QED) is 0.596. The van der Waals surface area contributed by atoms with E-state index < -0.39 is 0 Å². The van der Waals surface area contributed by atoms with Crippen LogP contribution in [-0.4, -0.2) is 64.1 Å². The van der Waals surface area contributed by atoms with Crippen LogP contribution >= 0.6 is 0 Å². The highest BCUT2D eigenvalue weighted by Gasteiger charge is 2.31. The van der Waals surface area contributed by atoms with Gasteiger partial charge in [0.2, 0.25) is 5.91 Å². The number of nitrogens with zero attached hydrogens (tertiary/aromatic N) is 4. The number of hydrogen-bond donors (Lipinski definition) is 1. The van der Waals surface area contributed by atoms with Gasteiger partial charge in [-0.15, -0.1) is 0 Å². The third kappa shape index (κ3) is 4.86. The zero-order chi connectivity index (χ0) is 24.4. The van der Waals surface area contributed by atoms with Gasteiger partial charge in [-0.05, 0) is 56.4 Å². The van der Waals surface area contributed by atoms with Crippen molar-refractivity contribution in [3.8, 4) is 5.69 Å². The number of benzene rings is 2. The van der Waals surface area contributed by atoms with Crippen molar-refractivity contribution in [1.29, 1.82) is 0 Å². The van der Waals surface area contributed by atoms with Crippen molar-refractivity contribution in [3.63, 3.8) is 0 Å². The lowest BCUT2D eigenvalue weighted by Crippen LogP contribution is -2.50. The third-order valence-electron chi connectivity index (χ3n) is 7.11. The van der Waals surface area contributed by atoms with E-state index in [0.717, 1.165) is 48.2 Å². The number of fused-ring (bicyclic) bond motifs is 1. The summed E-state index contributed by atoms with van der Waals surface area (Å²) < 4.78 is 1.96. The summed E-state index contributed by atoms with van der Waals surface area (Å²) in [4.78, 5) is 30.1. The number of aromatic nitrogens is 2. The number of nitrogens with one attached hydrogen (secondary N) is 1. The predicted octanol–water partition coefficient (Wildman–Crippen LogP) is 3.63. The minimum absolute atomic E-state index is 0.00925. The molecule has 1 fully saturated rings. The van der Waals surface area contributed by atoms with Crippen molar-refractivity contribution in [2.45, 2.75) is 39.5 Å². The predicted molar refractivity (Wildman–Crippen MR) is 137 cm³/mol. The zero-order valence-electron chi connectivity index (χ0n) is 20.6. The van der Waals surface area contributed by atoms with Crippen molar-refractivity contribution in [2.75, 3.05) is 38.0 Å². The summed E-state index contributed by atoms with van der Waals surface area (Å²) in [6.45, 7) is 7.04. The number of carbonyl (C=O) groups excluding carboxylic acids is 2. The van der Waals surface area contributed by atoms with Gasteiger partial charge in [-0.3, -0.25) is 14.5 Å². The van der Waals surface area contributed by atoms with Gasteiger partial charge in [0.1, 0.15) is 0 Å². The lowest BCUT2D eigenvalue weighted by Gasteiger charge is -2.34. The van der Waals surface area contributed by atoms with Gasteiger partial charge in [-0.25, -0.2) is 4.68 Å². The van der Waals surface area contributed by atoms with Crippen molar-refractivity contribution >= 4 is 17.5 Å². The number of amides is 2. The molecule has 5 rings (SSSR count). The van der Waals surface area contributed by atoms with E-state index in [0.29, 0.717) is 38.4 Å². The molecule has 1 aliphatic carbocycles. The fourth-order valence-corrected chi connectivity index (χ4v) is 5.11. The maximum absolute atomic E-state index is 13.5. The number of hydrogen-bond acceptors (Lipinski definition) is 4. The first-order chi connectivity index (χ1) is 17.0. The van der Waals surface area contributed by atoms with E-state index in [1.54, 1.807) is 0 Å². The molecule has 2 aromatic carbocycles. The molecule has 0 unspecified atom stereocenters. The van der Waals surface area contributed by atoms with Gasteiger partial charge in [0.05, 0.1) is 12.2 Å². The maximum atomic E-state index is 13.5. The highest BCUT2D eigenvalue weighted by molar-refractivity contribution is 5.95. The van der Waals surface area contributed by atoms with Gasteiger partial charge in [0.25, 0.3) is 5.91 Å². The van der Waals surface area contributed by atoms with E-state index in [1.165, 1.54) is 11.3 Å². The Kier molecular flexibility index (Phi) is 6.68. The van der Waals surface area contributed by atoms with Gasteiger partial charge in [0, 0.05) is 43.1 Å². The first-order valence-electron chi connectivity index (χ1n) is 12.6. The molecule has 7 heteroatoms. The third-order valence-corrected chi connectivity index (χ3v) is 7.11. The fourth-order valence-electron chi connectivity index (χ4n) is 5.11. The van der Waals surface area contributed by atoms with E-state index >= 15 is 0 Å². The van der Waals surface area contributed by atoms with Gasteiger partial charge >= 0.3 is 0 Å². The van der Waals surface area contributed by atoms with Crippen molar-refractivity contribution in [1.82, 2.24) is 19.6 Å². The molecule has 1 N–H and O–H groups in total. The Labute approximate surface area is 206 Å². The Morgan fingerprint density at radius 3 is 2.46 bits per heavy atom. The highest BCUT2D eigenvalue weighted by atomic mass is 16.2. The van der Waals surface area contributed by atoms with Gasteiger partial charge < -0.3 is 10.2 Å². The van der Waals surface area contributed by atoms with Crippen LogP contribution in [0.25, 0.3) is 5.69 Å². The molecule has 7 nitrogen and oxygen atoms in total. The second-order valence-corrected chi connectivity index (χ2v) is 9.50. The molecule has 1 saturated heterocycles. The number of rotatable bonds is 6. The summed E-state index contributed by atoms with van der Waals surface area (Å²) in [5.74, 6) is -0.00433. The molecular formula is C28H33N5O2. The summed E-state index contributed by atoms with van der Waals surface area (Å²) in [5.41, 5.74) is 7.09. The average Bonchev–Trinajstić information content (AvgIpc) is 3.48. The maximum Gasteiger partial charge on any atom is 0.274 e. The molecule has 0 atom stereocenters. The SMILES string of the molecule is CCc1ccccc1NC(=O)CN1CCN(C(=O)c2nn(-c3ccc(C)cc3)c3c2CCC3)CC1. The monoisotopic (exact) mass is 471 g/mol. The Bertz CT molecular complexity index is 1220. The summed E-state index contributed by atoms with van der Waals surface area (Å²) in [6.07, 6.45) is 3.79. The van der Waals surface area contributed by atoms with E-state index in [-0.39, 0.29) is 11.8 Å². The summed E-state index contributed by atoms with van der Waals surface area (Å²) in [5, 5.41) is 7.83. The van der Waals surface area contributed by atoms with Crippen LogP contribution in [0.1, 0.15) is 46.2 Å². The minimum atomic E-state index is -0.0136. The Morgan fingerprint density at radius 1 is 0.971 bits per heavy atom. The largest absolute Gasteiger partial charge is 0.335 e. The van der Waals surface area contributed by atoms with Gasteiger partial charge in [-0.1, -0.05) is 42.8 Å². The molecule has 0 bridgehead atoms. The van der Waals surface area contributed by atoms with Crippen LogP contribution in [0.3, 0.4) is 0 Å². The lowest BCUT2D eigenvalue weighted by molar-refractivity contribution is -0.117. The Balaban J connectivity index is 1.22. The van der Waals surface area contributed by atoms with Gasteiger partial charge in [-0.2, -0.15) is 5.10 Å². The summed E-state index contributed by atoms with van der Waals surface area (Å²) in [7, 11) is 0. The highest BCUT2D eigenvalue weighted by Crippen LogP contribution is 2.29. The number of aryl methyl sites for hydroxylation is 2. The molecule has 0 saturated carbocycles. The number of piperazine rings is 1. The van der Waals surface area contributed by atoms with Gasteiger partial charge in [0.15, 0.2) is 5.69 Å². The zero-order valence-corrected chi connectivity index (χ0v) is 20.6. The molecule has 182 valence electrons. The van der Waals surface area contributed by atoms with Crippen molar-refractivity contribution < 1.29 is 9.59 Å². The van der Waals surface area contributed by atoms with E-state index in [1.807, 2.05) is 33.8 Å². The van der Waals surface area contributed by atoms with Crippen molar-refractivity contribution in [2.24, 2.45) is 0 Å². The number of anilines is 1. The van der Waals surface area contributed by atoms with E-state index in [2.05, 4.69) is 48.3 Å². The first-order valence-corrected chi connectivity index (χ1v) is 12.6. The van der Waals surface area contributed by atoms with Crippen LogP contribution in [0.5, 0.6) is 0 Å². The normalized spacial score (nSPS) is 15.8. The van der Waals surface area contributed by atoms with Crippen LogP contribution < -0.4 is 5.32 Å². The minimum Gasteiger partial charge on any atom is -0.335 e. The number of carbonyl (C=O) groups is 2. The lowest BCUT2D eigenvalue weighted by atomic mass is 10.1. The molecule has 0 radical (unpaired) electrons. The van der Waals surface area contributed by atoms with E-state index in [9.17, 15) is 9.59 Å². The Morgan fingerprint density at radius 2 is 1.71 bits per heavy atom. The topological polar surface area (TPSA) is 70.5 Å². The molecule has 3 aromatic rings. The smallest absolute Gasteiger partial charge is 0.274 e. The van der Waals surface area contributed by atoms with Crippen LogP contribution in [0.2, 0.25) is 0 Å². The standard InChI is InChI=1S/C28H33N5O2/c1-3-21-7-4-5-9-24(21)29-26(34)19-31-15-17-32(18-16-31)28(35)27-23-8-6-10-25(23)33(30-27)22-13-11-20(2)12-14-22/h4-5,7,9,11-14H,3,6,8,10,15-19H2,1-2H3,(H,29,34). The van der Waals surface area contributed by atoms with Crippen LogP contribution in [0.15, 0.2) is 48.5 Å². The van der Waals surface area contributed by atoms with Crippen molar-refractivity contribution in [3.05, 3.63) is 76.6 Å². The van der Waals surface area contributed by atoms with Crippen LogP contribution in [0.4, 0.5) is 5.69 Å². The van der Waals surface area contributed by atoms with Crippen LogP contribution in [-0.2, 0) is 24.1 Å². The molecule has 2 aliphatic rings. The second kappa shape index (κ2) is 10.0. The molecule has 2 heterocycles.